The summed E-state index contributed by atoms with van der Waals surface area (Å²) in [4.78, 5) is 109. The van der Waals surface area contributed by atoms with Crippen molar-refractivity contribution in [3.63, 3.8) is 0 Å². The first-order chi connectivity index (χ1) is 25.1. The number of guanidine groups is 1. The van der Waals surface area contributed by atoms with Crippen molar-refractivity contribution in [3.8, 4) is 0 Å². The summed E-state index contributed by atoms with van der Waals surface area (Å²) in [6, 6.07) is -6.47. The summed E-state index contributed by atoms with van der Waals surface area (Å²) in [5.74, 6) is -5.52. The standard InChI is InChI=1S/C32H57N13O8/c33-14-2-1-7-21(43-29(51)22-8-4-16-44(22)30(52)18(34)6-3-15-40-32(38)39)31(53)45-17-5-9-23(45)28(50)42-20(11-13-25(36)47)27(49)41-19(26(37)48)10-12-24(35)46/h18-23H,1-17,33-34H2,(H2,35,46)(H2,36,47)(H2,37,48)(H,41,49)(H,42,50)(H,43,51)(H4,38,39,40)/t18-,19-,20-,21-,22-,23-/m0/s1. The van der Waals surface area contributed by atoms with Gasteiger partial charge in [0, 0.05) is 32.5 Å². The summed E-state index contributed by atoms with van der Waals surface area (Å²) < 4.78 is 0. The Morgan fingerprint density at radius 2 is 1.17 bits per heavy atom. The van der Waals surface area contributed by atoms with E-state index in [0.717, 1.165) is 0 Å². The van der Waals surface area contributed by atoms with E-state index in [9.17, 15) is 38.4 Å². The third-order valence-corrected chi connectivity index (χ3v) is 9.18. The molecule has 0 unspecified atom stereocenters. The van der Waals surface area contributed by atoms with E-state index in [2.05, 4.69) is 20.9 Å². The Morgan fingerprint density at radius 1 is 0.642 bits per heavy atom. The summed E-state index contributed by atoms with van der Waals surface area (Å²) in [6.45, 7) is 1.14. The summed E-state index contributed by atoms with van der Waals surface area (Å²) in [5, 5.41) is 7.75. The first-order valence-corrected chi connectivity index (χ1v) is 18.0. The quantitative estimate of drug-likeness (QED) is 0.0266. The zero-order valence-corrected chi connectivity index (χ0v) is 30.1. The number of likely N-dealkylation sites (tertiary alicyclic amines) is 2. The van der Waals surface area contributed by atoms with Crippen molar-refractivity contribution in [1.82, 2.24) is 25.8 Å². The second-order valence-corrected chi connectivity index (χ2v) is 13.3. The molecule has 53 heavy (non-hydrogen) atoms. The summed E-state index contributed by atoms with van der Waals surface area (Å²) >= 11 is 0. The maximum absolute atomic E-state index is 14.0. The molecule has 0 radical (unpaired) electrons. The second kappa shape index (κ2) is 22.1. The molecule has 0 aromatic rings. The lowest BCUT2D eigenvalue weighted by atomic mass is 10.0. The van der Waals surface area contributed by atoms with E-state index in [1.165, 1.54) is 9.80 Å². The molecule has 21 heteroatoms. The van der Waals surface area contributed by atoms with Crippen LogP contribution in [0.2, 0.25) is 0 Å². The summed E-state index contributed by atoms with van der Waals surface area (Å²) in [7, 11) is 0. The molecule has 2 saturated heterocycles. The van der Waals surface area contributed by atoms with Gasteiger partial charge in [-0.1, -0.05) is 0 Å². The number of hydrogen-bond acceptors (Lipinski definition) is 11. The summed E-state index contributed by atoms with van der Waals surface area (Å²) in [5.41, 5.74) is 38.3. The van der Waals surface area contributed by atoms with Gasteiger partial charge in [0.2, 0.25) is 47.3 Å². The smallest absolute Gasteiger partial charge is 0.245 e. The van der Waals surface area contributed by atoms with Crippen LogP contribution >= 0.6 is 0 Å². The lowest BCUT2D eigenvalue weighted by Crippen LogP contribution is -2.59. The van der Waals surface area contributed by atoms with Gasteiger partial charge in [0.25, 0.3) is 0 Å². The van der Waals surface area contributed by atoms with Crippen molar-refractivity contribution in [2.75, 3.05) is 26.2 Å². The highest BCUT2D eigenvalue weighted by Gasteiger charge is 2.41. The monoisotopic (exact) mass is 751 g/mol. The van der Waals surface area contributed by atoms with Gasteiger partial charge in [-0.05, 0) is 77.2 Å². The topological polar surface area (TPSA) is 374 Å². The number of aliphatic imine (C=N–C) groups is 1. The van der Waals surface area contributed by atoms with Crippen molar-refractivity contribution in [2.45, 2.75) is 120 Å². The van der Waals surface area contributed by atoms with Gasteiger partial charge in [0.15, 0.2) is 5.96 Å². The van der Waals surface area contributed by atoms with Gasteiger partial charge in [-0.2, -0.15) is 0 Å². The number of hydrogen-bond donors (Lipinski definition) is 10. The Hall–Kier alpha value is -5.05. The van der Waals surface area contributed by atoms with Crippen molar-refractivity contribution in [3.05, 3.63) is 0 Å². The molecule has 2 aliphatic rings. The average molecular weight is 752 g/mol. The van der Waals surface area contributed by atoms with Crippen molar-refractivity contribution < 1.29 is 38.4 Å². The minimum atomic E-state index is -1.35. The Bertz CT molecular complexity index is 1360. The molecular weight excluding hydrogens is 694 g/mol. The van der Waals surface area contributed by atoms with E-state index >= 15 is 0 Å². The molecule has 0 aromatic carbocycles. The first kappa shape index (κ1) is 44.1. The van der Waals surface area contributed by atoms with Crippen molar-refractivity contribution in [2.24, 2.45) is 45.1 Å². The number of carbonyl (C=O) groups excluding carboxylic acids is 8. The molecule has 0 aromatic heterocycles. The minimum Gasteiger partial charge on any atom is -0.370 e. The zero-order chi connectivity index (χ0) is 39.7. The molecule has 2 aliphatic heterocycles. The molecule has 6 atom stereocenters. The number of amides is 8. The Morgan fingerprint density at radius 3 is 1.68 bits per heavy atom. The van der Waals surface area contributed by atoms with Crippen LogP contribution in [0.4, 0.5) is 0 Å². The van der Waals surface area contributed by atoms with E-state index in [0.29, 0.717) is 64.6 Å². The molecule has 0 spiro atoms. The molecule has 0 saturated carbocycles. The van der Waals surface area contributed by atoms with Gasteiger partial charge in [0.05, 0.1) is 6.04 Å². The number of nitrogens with two attached hydrogens (primary N) is 7. The molecule has 2 rings (SSSR count). The predicted molar refractivity (Wildman–Crippen MR) is 192 cm³/mol. The van der Waals surface area contributed by atoms with Gasteiger partial charge >= 0.3 is 0 Å². The van der Waals surface area contributed by atoms with Crippen LogP contribution < -0.4 is 56.1 Å². The van der Waals surface area contributed by atoms with E-state index in [1.54, 1.807) is 0 Å². The van der Waals surface area contributed by atoms with Crippen LogP contribution in [-0.2, 0) is 38.4 Å². The van der Waals surface area contributed by atoms with Crippen LogP contribution in [0, 0.1) is 0 Å². The SMILES string of the molecule is NCCCC[C@H](NC(=O)[C@@H]1CCCN1C(=O)[C@@H](N)CCCN=C(N)N)C(=O)N1CCC[C@H]1C(=O)N[C@@H](CCC(N)=O)C(=O)N[C@@H](CCC(N)=O)C(N)=O. The number of unbranched alkanes of at least 4 members (excludes halogenated alkanes) is 1. The third-order valence-electron chi connectivity index (χ3n) is 9.18. The number of primary amides is 3. The number of nitrogens with one attached hydrogen (secondary N) is 3. The maximum atomic E-state index is 14.0. The normalized spacial score (nSPS) is 19.0. The van der Waals surface area contributed by atoms with Crippen LogP contribution in [0.3, 0.4) is 0 Å². The van der Waals surface area contributed by atoms with Crippen molar-refractivity contribution in [1.29, 1.82) is 0 Å². The van der Waals surface area contributed by atoms with Gasteiger partial charge in [-0.3, -0.25) is 43.3 Å². The van der Waals surface area contributed by atoms with Gasteiger partial charge in [0.1, 0.15) is 30.2 Å². The van der Waals surface area contributed by atoms with E-state index < -0.39 is 83.5 Å². The first-order valence-electron chi connectivity index (χ1n) is 18.0. The lowest BCUT2D eigenvalue weighted by Gasteiger charge is -2.32. The Labute approximate surface area is 308 Å². The fourth-order valence-corrected chi connectivity index (χ4v) is 6.35. The molecule has 17 N–H and O–H groups in total. The van der Waals surface area contributed by atoms with Crippen molar-refractivity contribution >= 4 is 53.2 Å². The van der Waals surface area contributed by atoms with Crippen LogP contribution in [0.1, 0.15) is 83.5 Å². The molecule has 0 bridgehead atoms. The predicted octanol–water partition coefficient (Wildman–Crippen LogP) is -5.05. The molecule has 21 nitrogen and oxygen atoms in total. The molecule has 298 valence electrons. The van der Waals surface area contributed by atoms with Crippen LogP contribution in [0.5, 0.6) is 0 Å². The Kier molecular flexibility index (Phi) is 18.4. The molecule has 8 amide bonds. The van der Waals surface area contributed by atoms with Gasteiger partial charge in [-0.15, -0.1) is 0 Å². The number of nitrogens with zero attached hydrogens (tertiary/aromatic N) is 3. The zero-order valence-electron chi connectivity index (χ0n) is 30.1. The Balaban J connectivity index is 2.19. The third kappa shape index (κ3) is 14.5. The highest BCUT2D eigenvalue weighted by molar-refractivity contribution is 5.97. The second-order valence-electron chi connectivity index (χ2n) is 13.3. The van der Waals surface area contributed by atoms with Crippen LogP contribution in [-0.4, -0.2) is 125 Å². The van der Waals surface area contributed by atoms with Crippen LogP contribution in [0.25, 0.3) is 0 Å². The number of rotatable bonds is 23. The maximum Gasteiger partial charge on any atom is 0.245 e. The molecule has 0 aliphatic carbocycles. The summed E-state index contributed by atoms with van der Waals surface area (Å²) in [6.07, 6.45) is 2.64. The van der Waals surface area contributed by atoms with E-state index in [-0.39, 0.29) is 51.0 Å². The molecule has 2 fully saturated rings. The fraction of sp³-hybridized carbons (Fsp3) is 0.719. The number of carbonyl (C=O) groups is 8. The highest BCUT2D eigenvalue weighted by Crippen LogP contribution is 2.23. The van der Waals surface area contributed by atoms with E-state index in [4.69, 9.17) is 40.1 Å². The molecule has 2 heterocycles. The highest BCUT2D eigenvalue weighted by atomic mass is 16.2. The fourth-order valence-electron chi connectivity index (χ4n) is 6.35. The minimum absolute atomic E-state index is 0.0700. The van der Waals surface area contributed by atoms with Crippen LogP contribution in [0.15, 0.2) is 4.99 Å². The average Bonchev–Trinajstić information content (AvgIpc) is 3.79. The molecular formula is C32H57N13O8. The van der Waals surface area contributed by atoms with E-state index in [1.807, 2.05) is 0 Å². The van der Waals surface area contributed by atoms with Gasteiger partial charge < -0.3 is 65.9 Å². The largest absolute Gasteiger partial charge is 0.370 e. The lowest BCUT2D eigenvalue weighted by molar-refractivity contribution is -0.144. The van der Waals surface area contributed by atoms with Gasteiger partial charge in [-0.25, -0.2) is 0 Å².